The lowest BCUT2D eigenvalue weighted by atomic mass is 9.85. The first-order valence-electron chi connectivity index (χ1n) is 12.1. The Kier molecular flexibility index (Phi) is 7.40. The van der Waals surface area contributed by atoms with E-state index >= 15 is 0 Å². The Morgan fingerprint density at radius 1 is 1.08 bits per heavy atom. The molecule has 0 spiro atoms. The molecule has 0 saturated heterocycles. The number of rotatable bonds is 6. The van der Waals surface area contributed by atoms with Crippen molar-refractivity contribution in [3.05, 3.63) is 89.2 Å². The van der Waals surface area contributed by atoms with Crippen molar-refractivity contribution < 1.29 is 24.5 Å². The molecule has 36 heavy (non-hydrogen) atoms. The van der Waals surface area contributed by atoms with Gasteiger partial charge in [0.15, 0.2) is 0 Å². The van der Waals surface area contributed by atoms with Gasteiger partial charge in [-0.15, -0.1) is 0 Å². The van der Waals surface area contributed by atoms with E-state index in [1.54, 1.807) is 41.6 Å². The lowest BCUT2D eigenvalue weighted by molar-refractivity contribution is 0.00191. The predicted molar refractivity (Wildman–Crippen MR) is 137 cm³/mol. The molecule has 0 saturated carbocycles. The van der Waals surface area contributed by atoms with Gasteiger partial charge >= 0.3 is 12.1 Å². The quantitative estimate of drug-likeness (QED) is 0.490. The number of benzene rings is 2. The van der Waals surface area contributed by atoms with Crippen molar-refractivity contribution in [1.29, 1.82) is 0 Å². The zero-order valence-corrected chi connectivity index (χ0v) is 20.8. The number of carbonyl (C=O) groups is 2. The van der Waals surface area contributed by atoms with Gasteiger partial charge in [0.1, 0.15) is 5.60 Å². The van der Waals surface area contributed by atoms with Gasteiger partial charge < -0.3 is 19.8 Å². The van der Waals surface area contributed by atoms with E-state index in [4.69, 9.17) is 4.74 Å². The molecule has 188 valence electrons. The second-order valence-corrected chi connectivity index (χ2v) is 10.2. The third-order valence-corrected chi connectivity index (χ3v) is 6.38. The summed E-state index contributed by atoms with van der Waals surface area (Å²) in [7, 11) is 0. The van der Waals surface area contributed by atoms with Crippen LogP contribution in [0.4, 0.5) is 4.79 Å². The first-order chi connectivity index (χ1) is 17.1. The summed E-state index contributed by atoms with van der Waals surface area (Å²) in [6.07, 6.45) is 4.13. The Morgan fingerprint density at radius 2 is 1.81 bits per heavy atom. The van der Waals surface area contributed by atoms with Crippen molar-refractivity contribution in [1.82, 2.24) is 9.88 Å². The van der Waals surface area contributed by atoms with Crippen LogP contribution in [-0.4, -0.2) is 50.3 Å². The maximum atomic E-state index is 13.2. The van der Waals surface area contributed by atoms with E-state index in [-0.39, 0.29) is 18.2 Å². The number of hydrogen-bond donors (Lipinski definition) is 2. The zero-order chi connectivity index (χ0) is 25.9. The normalized spacial score (nSPS) is 16.1. The second kappa shape index (κ2) is 10.5. The van der Waals surface area contributed by atoms with E-state index in [1.165, 1.54) is 5.56 Å². The summed E-state index contributed by atoms with van der Waals surface area (Å²) in [5.74, 6) is -0.953. The van der Waals surface area contributed by atoms with Gasteiger partial charge in [0.2, 0.25) is 0 Å². The Labute approximate surface area is 211 Å². The molecule has 1 aliphatic carbocycles. The van der Waals surface area contributed by atoms with Crippen LogP contribution in [0.2, 0.25) is 0 Å². The fourth-order valence-corrected chi connectivity index (χ4v) is 4.55. The number of aromatic nitrogens is 1. The summed E-state index contributed by atoms with van der Waals surface area (Å²) in [6.45, 7) is 5.60. The van der Waals surface area contributed by atoms with Crippen LogP contribution in [-0.2, 0) is 17.6 Å². The Bertz CT molecular complexity index is 1220. The molecule has 1 aliphatic rings. The van der Waals surface area contributed by atoms with Crippen LogP contribution >= 0.6 is 0 Å². The molecule has 0 bridgehead atoms. The van der Waals surface area contributed by atoms with E-state index < -0.39 is 23.8 Å². The van der Waals surface area contributed by atoms with Crippen molar-refractivity contribution >= 4 is 12.1 Å². The number of ether oxygens (including phenoxy) is 1. The Morgan fingerprint density at radius 3 is 2.44 bits per heavy atom. The first kappa shape index (κ1) is 25.4. The molecule has 4 rings (SSSR count). The largest absolute Gasteiger partial charge is 0.478 e. The maximum Gasteiger partial charge on any atom is 0.410 e. The number of nitrogens with zero attached hydrogens (tertiary/aromatic N) is 2. The molecule has 0 aliphatic heterocycles. The van der Waals surface area contributed by atoms with E-state index in [0.717, 1.165) is 29.5 Å². The molecule has 2 aromatic carbocycles. The molecule has 3 aromatic rings. The molecule has 0 fully saturated rings. The van der Waals surface area contributed by atoms with Crippen molar-refractivity contribution in [3.8, 4) is 11.1 Å². The zero-order valence-electron chi connectivity index (χ0n) is 20.8. The van der Waals surface area contributed by atoms with Gasteiger partial charge in [0, 0.05) is 24.0 Å². The standard InChI is InChI=1S/C29H32N2O5/c1-29(2,3)36-28(35)31(18-26(32)23-5-4-14-30-17-23)25-13-12-20-8-11-22(15-24(20)16-25)19-6-9-21(10-7-19)27(33)34/h4-11,14-15,17,25-26,32H,12-13,16,18H2,1-3H3,(H,33,34)/t25-,26+/m0/s1. The average molecular weight is 489 g/mol. The molecule has 7 heteroatoms. The topological polar surface area (TPSA) is 100.0 Å². The Hall–Kier alpha value is -3.71. The minimum atomic E-state index is -0.953. The monoisotopic (exact) mass is 488 g/mol. The van der Waals surface area contributed by atoms with Gasteiger partial charge in [-0.3, -0.25) is 4.98 Å². The average Bonchev–Trinajstić information content (AvgIpc) is 2.86. The number of amides is 1. The van der Waals surface area contributed by atoms with E-state index in [0.29, 0.717) is 12.0 Å². The van der Waals surface area contributed by atoms with Crippen molar-refractivity contribution in [3.63, 3.8) is 0 Å². The van der Waals surface area contributed by atoms with Crippen molar-refractivity contribution in [2.24, 2.45) is 0 Å². The van der Waals surface area contributed by atoms with Gasteiger partial charge in [0.25, 0.3) is 0 Å². The first-order valence-corrected chi connectivity index (χ1v) is 12.1. The predicted octanol–water partition coefficient (Wildman–Crippen LogP) is 5.27. The molecule has 1 amide bonds. The third kappa shape index (κ3) is 6.10. The minimum absolute atomic E-state index is 0.108. The highest BCUT2D eigenvalue weighted by atomic mass is 16.6. The van der Waals surface area contributed by atoms with Gasteiger partial charge in [-0.05, 0) is 80.5 Å². The maximum absolute atomic E-state index is 13.2. The summed E-state index contributed by atoms with van der Waals surface area (Å²) in [6, 6.07) is 16.5. The molecule has 7 nitrogen and oxygen atoms in total. The number of pyridine rings is 1. The second-order valence-electron chi connectivity index (χ2n) is 10.2. The van der Waals surface area contributed by atoms with Crippen molar-refractivity contribution in [2.75, 3.05) is 6.54 Å². The number of carboxylic acids is 1. The highest BCUT2D eigenvalue weighted by Gasteiger charge is 2.33. The summed E-state index contributed by atoms with van der Waals surface area (Å²) in [5.41, 5.74) is 4.53. The molecule has 1 aromatic heterocycles. The lowest BCUT2D eigenvalue weighted by Crippen LogP contribution is -2.47. The lowest BCUT2D eigenvalue weighted by Gasteiger charge is -2.37. The number of carboxylic acid groups (broad SMARTS) is 1. The number of aryl methyl sites for hydroxylation is 1. The number of aromatic carboxylic acids is 1. The van der Waals surface area contributed by atoms with E-state index in [1.807, 2.05) is 39.0 Å². The van der Waals surface area contributed by atoms with Crippen LogP contribution in [0.25, 0.3) is 11.1 Å². The van der Waals surface area contributed by atoms with Crippen LogP contribution < -0.4 is 0 Å². The smallest absolute Gasteiger partial charge is 0.410 e. The fourth-order valence-electron chi connectivity index (χ4n) is 4.55. The van der Waals surface area contributed by atoms with Gasteiger partial charge in [-0.1, -0.05) is 36.4 Å². The molecular weight excluding hydrogens is 456 g/mol. The molecular formula is C29H32N2O5. The summed E-state index contributed by atoms with van der Waals surface area (Å²) < 4.78 is 5.71. The van der Waals surface area contributed by atoms with E-state index in [9.17, 15) is 19.8 Å². The molecule has 2 N–H and O–H groups in total. The molecule has 0 radical (unpaired) electrons. The Balaban J connectivity index is 1.58. The van der Waals surface area contributed by atoms with Crippen LogP contribution in [0, 0.1) is 0 Å². The number of aliphatic hydroxyl groups is 1. The number of aliphatic hydroxyl groups excluding tert-OH is 1. The van der Waals surface area contributed by atoms with Crippen LogP contribution in [0.3, 0.4) is 0 Å². The highest BCUT2D eigenvalue weighted by Crippen LogP contribution is 2.31. The van der Waals surface area contributed by atoms with Gasteiger partial charge in [-0.2, -0.15) is 0 Å². The van der Waals surface area contributed by atoms with Crippen molar-refractivity contribution in [2.45, 2.75) is 57.8 Å². The molecule has 2 atom stereocenters. The molecule has 0 unspecified atom stereocenters. The fraction of sp³-hybridized carbons (Fsp3) is 0.345. The summed E-state index contributed by atoms with van der Waals surface area (Å²) in [4.78, 5) is 30.2. The van der Waals surface area contributed by atoms with Crippen LogP contribution in [0.5, 0.6) is 0 Å². The van der Waals surface area contributed by atoms with E-state index in [2.05, 4.69) is 17.1 Å². The molecule has 1 heterocycles. The third-order valence-electron chi connectivity index (χ3n) is 6.38. The number of carbonyl (C=O) groups excluding carboxylic acids is 1. The van der Waals surface area contributed by atoms with Gasteiger partial charge in [-0.25, -0.2) is 9.59 Å². The SMILES string of the molecule is CC(C)(C)OC(=O)N(C[C@@H](O)c1cccnc1)[C@H]1CCc2ccc(-c3ccc(C(=O)O)cc3)cc2C1. The number of fused-ring (bicyclic) bond motifs is 1. The number of hydrogen-bond acceptors (Lipinski definition) is 5. The van der Waals surface area contributed by atoms with Crippen LogP contribution in [0.1, 0.15) is 60.3 Å². The van der Waals surface area contributed by atoms with Gasteiger partial charge in [0.05, 0.1) is 18.2 Å². The minimum Gasteiger partial charge on any atom is -0.478 e. The summed E-state index contributed by atoms with van der Waals surface area (Å²) in [5, 5.41) is 20.1. The highest BCUT2D eigenvalue weighted by molar-refractivity contribution is 5.88. The summed E-state index contributed by atoms with van der Waals surface area (Å²) >= 11 is 0. The van der Waals surface area contributed by atoms with Crippen LogP contribution in [0.15, 0.2) is 67.0 Å².